The van der Waals surface area contributed by atoms with Crippen LogP contribution >= 0.6 is 11.8 Å². The summed E-state index contributed by atoms with van der Waals surface area (Å²) in [6.45, 7) is 0.720. The van der Waals surface area contributed by atoms with Crippen LogP contribution in [0.15, 0.2) is 18.3 Å². The number of aromatic nitrogens is 1. The van der Waals surface area contributed by atoms with Crippen molar-refractivity contribution in [3.05, 3.63) is 23.9 Å². The molecule has 0 aromatic carbocycles. The molecule has 0 N–H and O–H groups in total. The fourth-order valence-electron chi connectivity index (χ4n) is 3.15. The Labute approximate surface area is 129 Å². The second kappa shape index (κ2) is 6.36. The van der Waals surface area contributed by atoms with Crippen LogP contribution in [0.3, 0.4) is 0 Å². The Bertz CT molecular complexity index is 497. The lowest BCUT2D eigenvalue weighted by molar-refractivity contribution is -0.133. The summed E-state index contributed by atoms with van der Waals surface area (Å²) in [7, 11) is 1.59. The number of ketones is 1. The Hall–Kier alpha value is -1.07. The van der Waals surface area contributed by atoms with Crippen LogP contribution in [-0.2, 0) is 16.0 Å². The quantitative estimate of drug-likeness (QED) is 0.855. The summed E-state index contributed by atoms with van der Waals surface area (Å²) in [4.78, 5) is 16.7. The number of carbonyl (C=O) groups excluding carboxylic acids is 1. The molecule has 3 heterocycles. The predicted molar refractivity (Wildman–Crippen MR) is 82.8 cm³/mol. The summed E-state index contributed by atoms with van der Waals surface area (Å²) in [5.41, 5.74) is 0.934. The van der Waals surface area contributed by atoms with Gasteiger partial charge in [-0.25, -0.2) is 4.98 Å². The third-order valence-corrected chi connectivity index (χ3v) is 5.62. The molecule has 2 aliphatic heterocycles. The van der Waals surface area contributed by atoms with E-state index in [1.165, 1.54) is 0 Å². The molecule has 0 bridgehead atoms. The Morgan fingerprint density at radius 3 is 3.14 bits per heavy atom. The molecule has 21 heavy (non-hydrogen) atoms. The fraction of sp³-hybridized carbons (Fsp3) is 0.625. The Balaban J connectivity index is 1.61. The summed E-state index contributed by atoms with van der Waals surface area (Å²) in [5, 5.41) is 0. The Morgan fingerprint density at radius 1 is 1.57 bits per heavy atom. The number of thioether (sulfide) groups is 1. The number of rotatable bonds is 4. The minimum Gasteiger partial charge on any atom is -0.481 e. The zero-order chi connectivity index (χ0) is 14.7. The molecule has 1 aromatic heterocycles. The van der Waals surface area contributed by atoms with Crippen molar-refractivity contribution in [2.75, 3.05) is 25.2 Å². The first-order chi connectivity index (χ1) is 10.2. The van der Waals surface area contributed by atoms with Gasteiger partial charge in [0.15, 0.2) is 0 Å². The third kappa shape index (κ3) is 3.40. The van der Waals surface area contributed by atoms with E-state index in [1.54, 1.807) is 13.3 Å². The summed E-state index contributed by atoms with van der Waals surface area (Å²) in [5.74, 6) is 3.24. The van der Waals surface area contributed by atoms with Crippen LogP contribution in [0.2, 0.25) is 0 Å². The van der Waals surface area contributed by atoms with E-state index in [0.717, 1.165) is 42.9 Å². The summed E-state index contributed by atoms with van der Waals surface area (Å²) < 4.78 is 11.0. The minimum atomic E-state index is -0.0264. The molecule has 0 saturated carbocycles. The van der Waals surface area contributed by atoms with Crippen molar-refractivity contribution in [3.8, 4) is 5.88 Å². The van der Waals surface area contributed by atoms with Gasteiger partial charge in [0, 0.05) is 37.0 Å². The van der Waals surface area contributed by atoms with E-state index in [-0.39, 0.29) is 11.5 Å². The van der Waals surface area contributed by atoms with Crippen molar-refractivity contribution in [3.63, 3.8) is 0 Å². The molecule has 0 radical (unpaired) electrons. The van der Waals surface area contributed by atoms with E-state index in [2.05, 4.69) is 4.98 Å². The lowest BCUT2D eigenvalue weighted by Crippen LogP contribution is -2.42. The molecule has 1 aromatic rings. The highest BCUT2D eigenvalue weighted by Crippen LogP contribution is 2.40. The number of ether oxygens (including phenoxy) is 2. The summed E-state index contributed by atoms with van der Waals surface area (Å²) in [6, 6.07) is 3.73. The first kappa shape index (κ1) is 14.9. The highest BCUT2D eigenvalue weighted by Gasteiger charge is 2.42. The summed E-state index contributed by atoms with van der Waals surface area (Å²) in [6.07, 6.45) is 5.03. The van der Waals surface area contributed by atoms with Crippen LogP contribution in [0.1, 0.15) is 24.8 Å². The maximum Gasteiger partial charge on any atom is 0.212 e. The van der Waals surface area contributed by atoms with Gasteiger partial charge >= 0.3 is 0 Å². The molecule has 2 saturated heterocycles. The number of nitrogens with zero attached hydrogens (tertiary/aromatic N) is 1. The number of hydrogen-bond donors (Lipinski definition) is 0. The molecule has 2 aliphatic rings. The van der Waals surface area contributed by atoms with Gasteiger partial charge in [-0.1, -0.05) is 6.07 Å². The maximum atomic E-state index is 12.5. The van der Waals surface area contributed by atoms with Crippen LogP contribution in [0.4, 0.5) is 0 Å². The first-order valence-electron chi connectivity index (χ1n) is 7.44. The highest BCUT2D eigenvalue weighted by atomic mass is 32.2. The lowest BCUT2D eigenvalue weighted by Gasteiger charge is -2.37. The first-order valence-corrected chi connectivity index (χ1v) is 8.60. The number of Topliss-reactive ketones (excluding diaryl/α,β-unsaturated/α-hetero) is 1. The van der Waals surface area contributed by atoms with Gasteiger partial charge in [0.1, 0.15) is 5.78 Å². The van der Waals surface area contributed by atoms with E-state index in [9.17, 15) is 4.79 Å². The van der Waals surface area contributed by atoms with E-state index in [4.69, 9.17) is 9.47 Å². The summed E-state index contributed by atoms with van der Waals surface area (Å²) >= 11 is 1.94. The van der Waals surface area contributed by atoms with Crippen molar-refractivity contribution < 1.29 is 14.3 Å². The average molecular weight is 307 g/mol. The zero-order valence-electron chi connectivity index (χ0n) is 12.3. The molecule has 2 fully saturated rings. The van der Waals surface area contributed by atoms with Crippen LogP contribution in [0, 0.1) is 5.92 Å². The van der Waals surface area contributed by atoms with Gasteiger partial charge in [-0.15, -0.1) is 0 Å². The molecular weight excluding hydrogens is 286 g/mol. The molecule has 3 rings (SSSR count). The van der Waals surface area contributed by atoms with Crippen molar-refractivity contribution in [2.45, 2.75) is 31.3 Å². The van der Waals surface area contributed by atoms with E-state index >= 15 is 0 Å². The number of carbonyl (C=O) groups is 1. The lowest BCUT2D eigenvalue weighted by atomic mass is 9.81. The monoisotopic (exact) mass is 307 g/mol. The maximum absolute atomic E-state index is 12.5. The van der Waals surface area contributed by atoms with Gasteiger partial charge < -0.3 is 9.47 Å². The Morgan fingerprint density at radius 2 is 2.48 bits per heavy atom. The molecule has 4 nitrogen and oxygen atoms in total. The van der Waals surface area contributed by atoms with Crippen molar-refractivity contribution in [1.29, 1.82) is 0 Å². The molecule has 5 heteroatoms. The topological polar surface area (TPSA) is 48.4 Å². The van der Waals surface area contributed by atoms with Crippen molar-refractivity contribution >= 4 is 17.5 Å². The molecule has 0 amide bonds. The molecule has 2 unspecified atom stereocenters. The molecule has 114 valence electrons. The molecule has 2 atom stereocenters. The van der Waals surface area contributed by atoms with Crippen molar-refractivity contribution in [2.24, 2.45) is 5.92 Å². The number of methoxy groups -OCH3 is 1. The fourth-order valence-corrected chi connectivity index (χ4v) is 4.53. The highest BCUT2D eigenvalue weighted by molar-refractivity contribution is 7.99. The van der Waals surface area contributed by atoms with Gasteiger partial charge in [0.05, 0.1) is 12.7 Å². The second-order valence-corrected chi connectivity index (χ2v) is 6.98. The van der Waals surface area contributed by atoms with Crippen LogP contribution in [0.25, 0.3) is 0 Å². The molecular formula is C16H21NO3S. The minimum absolute atomic E-state index is 0.0264. The standard InChI is InChI=1S/C16H21NO3S/c1-19-15-3-2-12(10-17-15)8-14(18)13-4-6-20-16(9-13)5-7-21-11-16/h2-3,10,13H,4-9,11H2,1H3. The molecule has 0 aliphatic carbocycles. The van der Waals surface area contributed by atoms with Gasteiger partial charge in [-0.3, -0.25) is 4.79 Å². The van der Waals surface area contributed by atoms with E-state index in [0.29, 0.717) is 18.1 Å². The van der Waals surface area contributed by atoms with Gasteiger partial charge in [0.2, 0.25) is 5.88 Å². The zero-order valence-corrected chi connectivity index (χ0v) is 13.2. The molecule has 1 spiro atoms. The number of hydrogen-bond acceptors (Lipinski definition) is 5. The normalized spacial score (nSPS) is 28.7. The van der Waals surface area contributed by atoms with Gasteiger partial charge in [-0.2, -0.15) is 11.8 Å². The van der Waals surface area contributed by atoms with Gasteiger partial charge in [0.25, 0.3) is 0 Å². The Kier molecular flexibility index (Phi) is 4.50. The van der Waals surface area contributed by atoms with Crippen LogP contribution < -0.4 is 4.74 Å². The van der Waals surface area contributed by atoms with Crippen molar-refractivity contribution in [1.82, 2.24) is 4.98 Å². The van der Waals surface area contributed by atoms with E-state index < -0.39 is 0 Å². The predicted octanol–water partition coefficient (Wildman–Crippen LogP) is 2.50. The smallest absolute Gasteiger partial charge is 0.212 e. The van der Waals surface area contributed by atoms with Crippen LogP contribution in [-0.4, -0.2) is 41.6 Å². The SMILES string of the molecule is COc1ccc(CC(=O)C2CCOC3(CCSC3)C2)cn1. The third-order valence-electron chi connectivity index (χ3n) is 4.40. The largest absolute Gasteiger partial charge is 0.481 e. The van der Waals surface area contributed by atoms with Gasteiger partial charge in [-0.05, 0) is 30.6 Å². The number of pyridine rings is 1. The average Bonchev–Trinajstić information content (AvgIpc) is 2.96. The van der Waals surface area contributed by atoms with Crippen LogP contribution in [0.5, 0.6) is 5.88 Å². The van der Waals surface area contributed by atoms with E-state index in [1.807, 2.05) is 23.9 Å². The second-order valence-electron chi connectivity index (χ2n) is 5.88.